The van der Waals surface area contributed by atoms with E-state index in [4.69, 9.17) is 0 Å². The van der Waals surface area contributed by atoms with E-state index in [9.17, 15) is 13.2 Å². The van der Waals surface area contributed by atoms with Crippen LogP contribution in [0.2, 0.25) is 0 Å². The van der Waals surface area contributed by atoms with E-state index in [0.717, 1.165) is 18.4 Å². The molecule has 0 spiro atoms. The molecule has 106 valence electrons. The van der Waals surface area contributed by atoms with Gasteiger partial charge in [-0.15, -0.1) is 0 Å². The van der Waals surface area contributed by atoms with Crippen molar-refractivity contribution in [2.45, 2.75) is 24.6 Å². The van der Waals surface area contributed by atoms with Crippen LogP contribution in [-0.2, 0) is 6.42 Å². The van der Waals surface area contributed by atoms with E-state index >= 15 is 0 Å². The molecule has 0 N–H and O–H groups in total. The molecule has 0 aliphatic carbocycles. The van der Waals surface area contributed by atoms with Gasteiger partial charge in [0.15, 0.2) is 0 Å². The van der Waals surface area contributed by atoms with Crippen molar-refractivity contribution < 1.29 is 13.2 Å². The molecule has 20 heavy (non-hydrogen) atoms. The first-order valence-corrected chi connectivity index (χ1v) is 7.31. The van der Waals surface area contributed by atoms with Crippen molar-refractivity contribution >= 4 is 15.9 Å². The molecular formula is C16H14BrF3. The highest BCUT2D eigenvalue weighted by atomic mass is 79.9. The maximum Gasteiger partial charge on any atom is 0.133 e. The topological polar surface area (TPSA) is 0 Å². The Labute approximate surface area is 124 Å². The Kier molecular flexibility index (Phi) is 4.86. The Morgan fingerprint density at radius 1 is 1.00 bits per heavy atom. The average molecular weight is 343 g/mol. The number of benzene rings is 2. The molecule has 0 saturated carbocycles. The van der Waals surface area contributed by atoms with Gasteiger partial charge in [0.05, 0.1) is 4.83 Å². The van der Waals surface area contributed by atoms with Gasteiger partial charge in [0, 0.05) is 17.7 Å². The van der Waals surface area contributed by atoms with Gasteiger partial charge in [0.2, 0.25) is 0 Å². The van der Waals surface area contributed by atoms with Crippen molar-refractivity contribution in [2.24, 2.45) is 0 Å². The second kappa shape index (κ2) is 6.44. The van der Waals surface area contributed by atoms with Crippen LogP contribution in [0.4, 0.5) is 13.2 Å². The minimum Gasteiger partial charge on any atom is -0.207 e. The summed E-state index contributed by atoms with van der Waals surface area (Å²) in [6.45, 7) is 2.09. The second-order valence-corrected chi connectivity index (χ2v) is 5.55. The molecular weight excluding hydrogens is 329 g/mol. The second-order valence-electron chi connectivity index (χ2n) is 4.64. The number of halogens is 4. The molecule has 0 heterocycles. The number of aryl methyl sites for hydroxylation is 1. The highest BCUT2D eigenvalue weighted by Crippen LogP contribution is 2.34. The quantitative estimate of drug-likeness (QED) is 0.640. The summed E-state index contributed by atoms with van der Waals surface area (Å²) in [5.74, 6) is -2.69. The van der Waals surface area contributed by atoms with Crippen LogP contribution >= 0.6 is 15.9 Å². The van der Waals surface area contributed by atoms with Gasteiger partial charge in [-0.1, -0.05) is 53.5 Å². The fourth-order valence-electron chi connectivity index (χ4n) is 2.10. The van der Waals surface area contributed by atoms with E-state index in [-0.39, 0.29) is 5.56 Å². The van der Waals surface area contributed by atoms with Crippen molar-refractivity contribution in [1.29, 1.82) is 0 Å². The first kappa shape index (κ1) is 15.1. The SMILES string of the molecule is CCCc1ccc(C(Br)c2c(F)cc(F)cc2F)cc1. The highest BCUT2D eigenvalue weighted by Gasteiger charge is 2.20. The molecule has 1 atom stereocenters. The molecule has 0 amide bonds. The predicted molar refractivity (Wildman–Crippen MR) is 77.5 cm³/mol. The highest BCUT2D eigenvalue weighted by molar-refractivity contribution is 9.09. The molecule has 2 aromatic rings. The van der Waals surface area contributed by atoms with Gasteiger partial charge in [-0.25, -0.2) is 13.2 Å². The molecule has 4 heteroatoms. The summed E-state index contributed by atoms with van der Waals surface area (Å²) in [5.41, 5.74) is 1.74. The molecule has 0 aromatic heterocycles. The summed E-state index contributed by atoms with van der Waals surface area (Å²) in [6.07, 6.45) is 2.00. The van der Waals surface area contributed by atoms with Gasteiger partial charge in [0.1, 0.15) is 17.5 Å². The van der Waals surface area contributed by atoms with Crippen LogP contribution in [0.5, 0.6) is 0 Å². The molecule has 0 saturated heterocycles. The summed E-state index contributed by atoms with van der Waals surface area (Å²) < 4.78 is 40.4. The molecule has 1 unspecified atom stereocenters. The minimum absolute atomic E-state index is 0.172. The van der Waals surface area contributed by atoms with Crippen LogP contribution in [0, 0.1) is 17.5 Å². The van der Waals surface area contributed by atoms with Crippen LogP contribution in [0.3, 0.4) is 0 Å². The first-order valence-electron chi connectivity index (χ1n) is 6.40. The molecule has 0 radical (unpaired) electrons. The molecule has 0 nitrogen and oxygen atoms in total. The number of alkyl halides is 1. The van der Waals surface area contributed by atoms with E-state index in [1.807, 2.05) is 24.3 Å². The Morgan fingerprint density at radius 3 is 2.05 bits per heavy atom. The Balaban J connectivity index is 2.33. The summed E-state index contributed by atoms with van der Waals surface area (Å²) >= 11 is 3.28. The normalized spacial score (nSPS) is 12.4. The molecule has 2 rings (SSSR count). The molecule has 0 fully saturated rings. The summed E-state index contributed by atoms with van der Waals surface area (Å²) in [5, 5.41) is 0. The van der Waals surface area contributed by atoms with Crippen LogP contribution in [0.15, 0.2) is 36.4 Å². The lowest BCUT2D eigenvalue weighted by Crippen LogP contribution is -2.02. The summed E-state index contributed by atoms with van der Waals surface area (Å²) in [4.78, 5) is -0.640. The molecule has 0 aliphatic heterocycles. The largest absolute Gasteiger partial charge is 0.207 e. The zero-order valence-corrected chi connectivity index (χ0v) is 12.6. The van der Waals surface area contributed by atoms with Crippen molar-refractivity contribution in [1.82, 2.24) is 0 Å². The fraction of sp³-hybridized carbons (Fsp3) is 0.250. The Morgan fingerprint density at radius 2 is 1.55 bits per heavy atom. The van der Waals surface area contributed by atoms with E-state index < -0.39 is 22.3 Å². The monoisotopic (exact) mass is 342 g/mol. The van der Waals surface area contributed by atoms with Crippen molar-refractivity contribution in [3.05, 3.63) is 70.5 Å². The van der Waals surface area contributed by atoms with Gasteiger partial charge >= 0.3 is 0 Å². The van der Waals surface area contributed by atoms with E-state index in [2.05, 4.69) is 22.9 Å². The standard InChI is InChI=1S/C16H14BrF3/c1-2-3-10-4-6-11(7-5-10)16(17)15-13(19)8-12(18)9-14(15)20/h4-9,16H,2-3H2,1H3. The number of rotatable bonds is 4. The van der Waals surface area contributed by atoms with E-state index in [0.29, 0.717) is 12.1 Å². The van der Waals surface area contributed by atoms with E-state index in [1.54, 1.807) is 0 Å². The maximum atomic E-state index is 13.7. The van der Waals surface area contributed by atoms with Crippen LogP contribution in [0.25, 0.3) is 0 Å². The lowest BCUT2D eigenvalue weighted by Gasteiger charge is -2.13. The third kappa shape index (κ3) is 3.23. The van der Waals surface area contributed by atoms with Gasteiger partial charge in [0.25, 0.3) is 0 Å². The Hall–Kier alpha value is -1.29. The molecule has 0 aliphatic rings. The van der Waals surface area contributed by atoms with Gasteiger partial charge in [-0.3, -0.25) is 0 Å². The number of hydrogen-bond acceptors (Lipinski definition) is 0. The van der Waals surface area contributed by atoms with Crippen LogP contribution < -0.4 is 0 Å². The Bertz CT molecular complexity index is 570. The summed E-state index contributed by atoms with van der Waals surface area (Å²) in [6, 6.07) is 8.91. The smallest absolute Gasteiger partial charge is 0.133 e. The van der Waals surface area contributed by atoms with Crippen molar-refractivity contribution in [3.63, 3.8) is 0 Å². The van der Waals surface area contributed by atoms with Gasteiger partial charge < -0.3 is 0 Å². The lowest BCUT2D eigenvalue weighted by atomic mass is 10.0. The van der Waals surface area contributed by atoms with Crippen LogP contribution in [0.1, 0.15) is 34.9 Å². The first-order chi connectivity index (χ1) is 9.52. The van der Waals surface area contributed by atoms with Crippen LogP contribution in [-0.4, -0.2) is 0 Å². The zero-order valence-electron chi connectivity index (χ0n) is 11.0. The minimum atomic E-state index is -0.915. The zero-order chi connectivity index (χ0) is 14.7. The third-order valence-corrected chi connectivity index (χ3v) is 4.09. The van der Waals surface area contributed by atoms with E-state index in [1.165, 1.54) is 5.56 Å². The number of hydrogen-bond donors (Lipinski definition) is 0. The van der Waals surface area contributed by atoms with Crippen molar-refractivity contribution in [2.75, 3.05) is 0 Å². The third-order valence-electron chi connectivity index (χ3n) is 3.11. The van der Waals surface area contributed by atoms with Gasteiger partial charge in [-0.2, -0.15) is 0 Å². The molecule has 0 bridgehead atoms. The lowest BCUT2D eigenvalue weighted by molar-refractivity contribution is 0.527. The predicted octanol–water partition coefficient (Wildman–Crippen LogP) is 5.54. The average Bonchev–Trinajstić information content (AvgIpc) is 2.38. The maximum absolute atomic E-state index is 13.7. The van der Waals surface area contributed by atoms with Gasteiger partial charge in [-0.05, 0) is 17.5 Å². The molecule has 2 aromatic carbocycles. The fourth-order valence-corrected chi connectivity index (χ4v) is 2.85. The van der Waals surface area contributed by atoms with Crippen molar-refractivity contribution in [3.8, 4) is 0 Å². The summed E-state index contributed by atoms with van der Waals surface area (Å²) in [7, 11) is 0.